The van der Waals surface area contributed by atoms with Crippen LogP contribution in [-0.2, 0) is 0 Å². The monoisotopic (exact) mass is 239 g/mol. The molecule has 4 nitrogen and oxygen atoms in total. The summed E-state index contributed by atoms with van der Waals surface area (Å²) in [5.74, 6) is 0.793. The summed E-state index contributed by atoms with van der Waals surface area (Å²) in [6.45, 7) is 4.54. The number of aryl methyl sites for hydroxylation is 1. The normalized spacial score (nSPS) is 14.4. The van der Waals surface area contributed by atoms with Crippen LogP contribution in [-0.4, -0.2) is 42.1 Å². The summed E-state index contributed by atoms with van der Waals surface area (Å²) < 4.78 is 5.51. The number of nitrogens with one attached hydrogen (secondary N) is 1. The summed E-state index contributed by atoms with van der Waals surface area (Å²) in [5.41, 5.74) is 1.05. The first-order valence-corrected chi connectivity index (χ1v) is 5.84. The molecule has 0 aromatic heterocycles. The van der Waals surface area contributed by atoms with Gasteiger partial charge in [0, 0.05) is 12.6 Å². The fourth-order valence-electron chi connectivity index (χ4n) is 1.37. The maximum Gasteiger partial charge on any atom is 0.122 e. The van der Waals surface area contributed by atoms with Gasteiger partial charge in [-0.2, -0.15) is 0 Å². The molecule has 1 rings (SSSR count). The molecule has 0 aliphatic rings. The van der Waals surface area contributed by atoms with Gasteiger partial charge >= 0.3 is 0 Å². The Morgan fingerprint density at radius 2 is 2.06 bits per heavy atom. The first kappa shape index (κ1) is 14.0. The summed E-state index contributed by atoms with van der Waals surface area (Å²) in [6, 6.07) is 7.69. The number of benzene rings is 1. The Hall–Kier alpha value is -1.10. The third-order valence-corrected chi connectivity index (χ3v) is 2.50. The molecule has 4 heteroatoms. The number of hydrogen-bond donors (Lipinski definition) is 3. The molecule has 0 aliphatic heterocycles. The molecule has 0 spiro atoms. The van der Waals surface area contributed by atoms with E-state index in [9.17, 15) is 5.11 Å². The lowest BCUT2D eigenvalue weighted by molar-refractivity contribution is 0.100. The molecule has 2 atom stereocenters. The van der Waals surface area contributed by atoms with Crippen LogP contribution in [0.2, 0.25) is 0 Å². The quantitative estimate of drug-likeness (QED) is 0.655. The Bertz CT molecular complexity index is 330. The van der Waals surface area contributed by atoms with Gasteiger partial charge in [0.25, 0.3) is 0 Å². The van der Waals surface area contributed by atoms with Crippen molar-refractivity contribution in [3.05, 3.63) is 29.8 Å². The fourth-order valence-corrected chi connectivity index (χ4v) is 1.37. The first-order chi connectivity index (χ1) is 8.13. The Morgan fingerprint density at radius 1 is 1.35 bits per heavy atom. The van der Waals surface area contributed by atoms with E-state index >= 15 is 0 Å². The molecule has 2 unspecified atom stereocenters. The summed E-state index contributed by atoms with van der Waals surface area (Å²) in [7, 11) is 0. The molecule has 1 aromatic rings. The SMILES string of the molecule is Cc1ccccc1OCC(O)CNC(C)CO. The Balaban J connectivity index is 2.28. The highest BCUT2D eigenvalue weighted by Gasteiger charge is 2.08. The van der Waals surface area contributed by atoms with Crippen LogP contribution < -0.4 is 10.1 Å². The van der Waals surface area contributed by atoms with Gasteiger partial charge in [0.15, 0.2) is 0 Å². The molecule has 0 saturated heterocycles. The van der Waals surface area contributed by atoms with Crippen molar-refractivity contribution in [3.63, 3.8) is 0 Å². The van der Waals surface area contributed by atoms with Crippen LogP contribution in [0.15, 0.2) is 24.3 Å². The van der Waals surface area contributed by atoms with E-state index in [1.54, 1.807) is 0 Å². The summed E-state index contributed by atoms with van der Waals surface area (Å²) in [6.07, 6.45) is -0.580. The van der Waals surface area contributed by atoms with Crippen LogP contribution in [0, 0.1) is 6.92 Å². The van der Waals surface area contributed by atoms with Crippen LogP contribution in [0.4, 0.5) is 0 Å². The van der Waals surface area contributed by atoms with Gasteiger partial charge < -0.3 is 20.3 Å². The molecule has 3 N–H and O–H groups in total. The van der Waals surface area contributed by atoms with E-state index in [1.807, 2.05) is 38.1 Å². The molecular weight excluding hydrogens is 218 g/mol. The van der Waals surface area contributed by atoms with Crippen molar-refractivity contribution >= 4 is 0 Å². The van der Waals surface area contributed by atoms with E-state index in [1.165, 1.54) is 0 Å². The van der Waals surface area contributed by atoms with E-state index in [0.29, 0.717) is 6.54 Å². The second-order valence-electron chi connectivity index (χ2n) is 4.22. The lowest BCUT2D eigenvalue weighted by Gasteiger charge is -2.16. The number of hydrogen-bond acceptors (Lipinski definition) is 4. The van der Waals surface area contributed by atoms with Crippen molar-refractivity contribution in [3.8, 4) is 5.75 Å². The maximum absolute atomic E-state index is 9.68. The zero-order valence-corrected chi connectivity index (χ0v) is 10.4. The predicted molar refractivity (Wildman–Crippen MR) is 67.2 cm³/mol. The number of rotatable bonds is 7. The average molecular weight is 239 g/mol. The Morgan fingerprint density at radius 3 is 2.71 bits per heavy atom. The number of ether oxygens (including phenoxy) is 1. The van der Waals surface area contributed by atoms with Gasteiger partial charge in [-0.05, 0) is 25.5 Å². The van der Waals surface area contributed by atoms with Gasteiger partial charge in [-0.15, -0.1) is 0 Å². The third-order valence-electron chi connectivity index (χ3n) is 2.50. The predicted octanol–water partition coefficient (Wildman–Crippen LogP) is 0.705. The Labute approximate surface area is 102 Å². The molecule has 0 aliphatic carbocycles. The van der Waals surface area contributed by atoms with Gasteiger partial charge in [-0.25, -0.2) is 0 Å². The smallest absolute Gasteiger partial charge is 0.122 e. The number of aliphatic hydroxyl groups is 2. The summed E-state index contributed by atoms with van der Waals surface area (Å²) in [4.78, 5) is 0. The zero-order chi connectivity index (χ0) is 12.7. The molecule has 0 radical (unpaired) electrons. The topological polar surface area (TPSA) is 61.7 Å². The van der Waals surface area contributed by atoms with Crippen LogP contribution >= 0.6 is 0 Å². The van der Waals surface area contributed by atoms with E-state index in [4.69, 9.17) is 9.84 Å². The lowest BCUT2D eigenvalue weighted by atomic mass is 10.2. The largest absolute Gasteiger partial charge is 0.491 e. The lowest BCUT2D eigenvalue weighted by Crippen LogP contribution is -2.38. The minimum absolute atomic E-state index is 0.0110. The van der Waals surface area contributed by atoms with Crippen molar-refractivity contribution in [2.24, 2.45) is 0 Å². The summed E-state index contributed by atoms with van der Waals surface area (Å²) in [5, 5.41) is 21.5. The number of aliphatic hydroxyl groups excluding tert-OH is 2. The van der Waals surface area contributed by atoms with Gasteiger partial charge in [0.2, 0.25) is 0 Å². The standard InChI is InChI=1S/C13H21NO3/c1-10-5-3-4-6-13(10)17-9-12(16)7-14-11(2)8-15/h3-6,11-12,14-16H,7-9H2,1-2H3. The van der Waals surface area contributed by atoms with Gasteiger partial charge in [0.1, 0.15) is 18.5 Å². The molecule has 0 bridgehead atoms. The second-order valence-corrected chi connectivity index (χ2v) is 4.22. The van der Waals surface area contributed by atoms with Crippen molar-refractivity contribution in [2.45, 2.75) is 26.0 Å². The molecule has 17 heavy (non-hydrogen) atoms. The highest BCUT2D eigenvalue weighted by atomic mass is 16.5. The highest BCUT2D eigenvalue weighted by Crippen LogP contribution is 2.16. The minimum Gasteiger partial charge on any atom is -0.491 e. The van der Waals surface area contributed by atoms with Gasteiger partial charge in [-0.3, -0.25) is 0 Å². The molecule has 0 saturated carbocycles. The van der Waals surface area contributed by atoms with Crippen LogP contribution in [0.1, 0.15) is 12.5 Å². The van der Waals surface area contributed by atoms with Gasteiger partial charge in [0.05, 0.1) is 6.61 Å². The molecule has 0 amide bonds. The second kappa shape index (κ2) is 7.27. The molecule has 0 fully saturated rings. The van der Waals surface area contributed by atoms with E-state index in [2.05, 4.69) is 5.32 Å². The minimum atomic E-state index is -0.580. The molecule has 0 heterocycles. The van der Waals surface area contributed by atoms with Crippen molar-refractivity contribution < 1.29 is 14.9 Å². The third kappa shape index (κ3) is 5.17. The molecule has 96 valence electrons. The van der Waals surface area contributed by atoms with Gasteiger partial charge in [-0.1, -0.05) is 18.2 Å². The van der Waals surface area contributed by atoms with Crippen LogP contribution in [0.25, 0.3) is 0 Å². The van der Waals surface area contributed by atoms with E-state index in [0.717, 1.165) is 11.3 Å². The van der Waals surface area contributed by atoms with Crippen LogP contribution in [0.5, 0.6) is 5.75 Å². The van der Waals surface area contributed by atoms with Crippen molar-refractivity contribution in [2.75, 3.05) is 19.8 Å². The maximum atomic E-state index is 9.68. The van der Waals surface area contributed by atoms with Crippen molar-refractivity contribution in [1.82, 2.24) is 5.32 Å². The molecular formula is C13H21NO3. The fraction of sp³-hybridized carbons (Fsp3) is 0.538. The van der Waals surface area contributed by atoms with Crippen LogP contribution in [0.3, 0.4) is 0 Å². The average Bonchev–Trinajstić information content (AvgIpc) is 2.35. The first-order valence-electron chi connectivity index (χ1n) is 5.84. The van der Waals surface area contributed by atoms with E-state index < -0.39 is 6.10 Å². The Kier molecular flexibility index (Phi) is 5.97. The van der Waals surface area contributed by atoms with E-state index in [-0.39, 0.29) is 19.3 Å². The molecule has 1 aromatic carbocycles. The summed E-state index contributed by atoms with van der Waals surface area (Å²) >= 11 is 0. The number of para-hydroxylation sites is 1. The highest BCUT2D eigenvalue weighted by molar-refractivity contribution is 5.31. The zero-order valence-electron chi connectivity index (χ0n) is 10.4. The van der Waals surface area contributed by atoms with Crippen molar-refractivity contribution in [1.29, 1.82) is 0 Å².